The van der Waals surface area contributed by atoms with E-state index in [1.54, 1.807) is 10.9 Å². The van der Waals surface area contributed by atoms with Crippen LogP contribution in [0.5, 0.6) is 0 Å². The highest BCUT2D eigenvalue weighted by Crippen LogP contribution is 2.20. The lowest BCUT2D eigenvalue weighted by Crippen LogP contribution is -2.05. The van der Waals surface area contributed by atoms with Gasteiger partial charge >= 0.3 is 5.97 Å². The Bertz CT molecular complexity index is 355. The first-order valence-electron chi connectivity index (χ1n) is 5.29. The van der Waals surface area contributed by atoms with Gasteiger partial charge in [0.2, 0.25) is 0 Å². The minimum absolute atomic E-state index is 0.140. The number of hydrogen-bond donors (Lipinski definition) is 1. The van der Waals surface area contributed by atoms with Crippen LogP contribution in [-0.4, -0.2) is 20.9 Å². The van der Waals surface area contributed by atoms with E-state index < -0.39 is 5.97 Å². The fraction of sp³-hybridized carbons (Fsp3) is 0.636. The lowest BCUT2D eigenvalue weighted by atomic mass is 10.1. The molecule has 0 aliphatic rings. The van der Waals surface area contributed by atoms with Crippen LogP contribution in [-0.2, 0) is 0 Å². The first kappa shape index (κ1) is 11.8. The summed E-state index contributed by atoms with van der Waals surface area (Å²) in [4.78, 5) is 11.0. The highest BCUT2D eigenvalue weighted by molar-refractivity contribution is 5.88. The molecule has 1 rings (SSSR count). The van der Waals surface area contributed by atoms with Gasteiger partial charge in [0, 0.05) is 12.2 Å². The molecule has 0 aliphatic carbocycles. The molecule has 15 heavy (non-hydrogen) atoms. The molecule has 0 radical (unpaired) electrons. The van der Waals surface area contributed by atoms with E-state index in [1.807, 2.05) is 20.8 Å². The van der Waals surface area contributed by atoms with Gasteiger partial charge in [0.05, 0.1) is 5.69 Å². The average Bonchev–Trinajstić information content (AvgIpc) is 2.61. The van der Waals surface area contributed by atoms with Crippen molar-refractivity contribution in [1.29, 1.82) is 0 Å². The van der Waals surface area contributed by atoms with Gasteiger partial charge in [-0.25, -0.2) is 4.79 Å². The minimum atomic E-state index is -0.895. The second kappa shape index (κ2) is 4.47. The van der Waals surface area contributed by atoms with Crippen LogP contribution in [0.15, 0.2) is 6.20 Å². The van der Waals surface area contributed by atoms with Crippen LogP contribution in [0.25, 0.3) is 0 Å². The van der Waals surface area contributed by atoms with Crippen LogP contribution >= 0.6 is 0 Å². The molecule has 1 N–H and O–H groups in total. The predicted molar refractivity (Wildman–Crippen MR) is 58.3 cm³/mol. The SMILES string of the molecule is CCC(C)n1cc(C(=O)O)c(C(C)C)n1. The number of nitrogens with zero attached hydrogens (tertiary/aromatic N) is 2. The Morgan fingerprint density at radius 1 is 1.53 bits per heavy atom. The summed E-state index contributed by atoms with van der Waals surface area (Å²) in [5, 5.41) is 13.4. The van der Waals surface area contributed by atoms with Crippen LogP contribution in [0.2, 0.25) is 0 Å². The van der Waals surface area contributed by atoms with Crippen LogP contribution in [0.1, 0.15) is 62.1 Å². The van der Waals surface area contributed by atoms with Crippen molar-refractivity contribution >= 4 is 5.97 Å². The summed E-state index contributed by atoms with van der Waals surface area (Å²) in [5.41, 5.74) is 0.994. The normalized spacial score (nSPS) is 13.1. The molecule has 0 aromatic carbocycles. The van der Waals surface area contributed by atoms with Gasteiger partial charge in [0.15, 0.2) is 0 Å². The Labute approximate surface area is 89.9 Å². The van der Waals surface area contributed by atoms with E-state index in [0.717, 1.165) is 6.42 Å². The third-order valence-corrected chi connectivity index (χ3v) is 2.58. The van der Waals surface area contributed by atoms with Crippen LogP contribution in [0, 0.1) is 0 Å². The molecule has 0 bridgehead atoms. The Kier molecular flexibility index (Phi) is 3.50. The number of carboxylic acids is 1. The van der Waals surface area contributed by atoms with E-state index in [0.29, 0.717) is 11.3 Å². The molecule has 84 valence electrons. The molecule has 1 unspecified atom stereocenters. The highest BCUT2D eigenvalue weighted by atomic mass is 16.4. The number of carboxylic acid groups (broad SMARTS) is 1. The molecule has 1 aromatic heterocycles. The quantitative estimate of drug-likeness (QED) is 0.831. The van der Waals surface area contributed by atoms with Crippen molar-refractivity contribution in [1.82, 2.24) is 9.78 Å². The maximum absolute atomic E-state index is 11.0. The van der Waals surface area contributed by atoms with Crippen molar-refractivity contribution in [2.45, 2.75) is 46.1 Å². The molecule has 1 atom stereocenters. The standard InChI is InChI=1S/C11H18N2O2/c1-5-8(4)13-6-9(11(14)15)10(12-13)7(2)3/h6-8H,5H2,1-4H3,(H,14,15). The van der Waals surface area contributed by atoms with Crippen molar-refractivity contribution in [3.63, 3.8) is 0 Å². The zero-order valence-corrected chi connectivity index (χ0v) is 9.69. The number of rotatable bonds is 4. The zero-order chi connectivity index (χ0) is 11.6. The predicted octanol–water partition coefficient (Wildman–Crippen LogP) is 2.68. The number of carbonyl (C=O) groups is 1. The van der Waals surface area contributed by atoms with Crippen LogP contribution < -0.4 is 0 Å². The average molecular weight is 210 g/mol. The third-order valence-electron chi connectivity index (χ3n) is 2.58. The number of aromatic nitrogens is 2. The summed E-state index contributed by atoms with van der Waals surface area (Å²) < 4.78 is 1.75. The lowest BCUT2D eigenvalue weighted by molar-refractivity contribution is 0.0695. The van der Waals surface area contributed by atoms with Crippen molar-refractivity contribution in [3.8, 4) is 0 Å². The smallest absolute Gasteiger partial charge is 0.339 e. The molecule has 1 aromatic rings. The van der Waals surface area contributed by atoms with Gasteiger partial charge in [-0.2, -0.15) is 5.10 Å². The number of hydrogen-bond acceptors (Lipinski definition) is 2. The maximum Gasteiger partial charge on any atom is 0.339 e. The van der Waals surface area contributed by atoms with E-state index in [2.05, 4.69) is 12.0 Å². The van der Waals surface area contributed by atoms with Gasteiger partial charge in [0.1, 0.15) is 5.56 Å². The van der Waals surface area contributed by atoms with Crippen molar-refractivity contribution < 1.29 is 9.90 Å². The van der Waals surface area contributed by atoms with Crippen molar-refractivity contribution in [2.75, 3.05) is 0 Å². The Morgan fingerprint density at radius 2 is 2.13 bits per heavy atom. The van der Waals surface area contributed by atoms with Gasteiger partial charge in [-0.15, -0.1) is 0 Å². The van der Waals surface area contributed by atoms with Gasteiger partial charge in [0.25, 0.3) is 0 Å². The van der Waals surface area contributed by atoms with E-state index in [-0.39, 0.29) is 12.0 Å². The molecule has 0 fully saturated rings. The number of aromatic carboxylic acids is 1. The first-order chi connectivity index (χ1) is 6.97. The Balaban J connectivity index is 3.15. The molecular formula is C11H18N2O2. The molecule has 0 aliphatic heterocycles. The van der Waals surface area contributed by atoms with Crippen LogP contribution in [0.4, 0.5) is 0 Å². The molecule has 0 saturated heterocycles. The largest absolute Gasteiger partial charge is 0.478 e. The highest BCUT2D eigenvalue weighted by Gasteiger charge is 2.19. The van der Waals surface area contributed by atoms with Gasteiger partial charge in [-0.05, 0) is 19.3 Å². The molecule has 4 nitrogen and oxygen atoms in total. The van der Waals surface area contributed by atoms with E-state index in [4.69, 9.17) is 5.11 Å². The van der Waals surface area contributed by atoms with Gasteiger partial charge in [-0.3, -0.25) is 4.68 Å². The Morgan fingerprint density at radius 3 is 2.47 bits per heavy atom. The molecule has 0 amide bonds. The summed E-state index contributed by atoms with van der Waals surface area (Å²) in [6.45, 7) is 8.00. The van der Waals surface area contributed by atoms with Crippen molar-refractivity contribution in [2.24, 2.45) is 0 Å². The van der Waals surface area contributed by atoms with Crippen LogP contribution in [0.3, 0.4) is 0 Å². The molecule has 1 heterocycles. The first-order valence-corrected chi connectivity index (χ1v) is 5.29. The zero-order valence-electron chi connectivity index (χ0n) is 9.69. The summed E-state index contributed by atoms with van der Waals surface area (Å²) in [6, 6.07) is 0.246. The fourth-order valence-corrected chi connectivity index (χ4v) is 1.41. The summed E-state index contributed by atoms with van der Waals surface area (Å²) in [5.74, 6) is -0.755. The molecule has 4 heteroatoms. The van der Waals surface area contributed by atoms with E-state index in [9.17, 15) is 4.79 Å². The summed E-state index contributed by atoms with van der Waals surface area (Å²) in [7, 11) is 0. The third kappa shape index (κ3) is 2.37. The monoisotopic (exact) mass is 210 g/mol. The van der Waals surface area contributed by atoms with E-state index in [1.165, 1.54) is 0 Å². The summed E-state index contributed by atoms with van der Waals surface area (Å²) >= 11 is 0. The van der Waals surface area contributed by atoms with Gasteiger partial charge < -0.3 is 5.11 Å². The van der Waals surface area contributed by atoms with Gasteiger partial charge in [-0.1, -0.05) is 20.8 Å². The topological polar surface area (TPSA) is 55.1 Å². The summed E-state index contributed by atoms with van der Waals surface area (Å²) in [6.07, 6.45) is 2.57. The second-order valence-electron chi connectivity index (χ2n) is 4.13. The van der Waals surface area contributed by atoms with Crippen molar-refractivity contribution in [3.05, 3.63) is 17.5 Å². The molecule has 0 saturated carbocycles. The maximum atomic E-state index is 11.0. The lowest BCUT2D eigenvalue weighted by Gasteiger charge is -2.08. The Hall–Kier alpha value is -1.32. The fourth-order valence-electron chi connectivity index (χ4n) is 1.41. The molecule has 0 spiro atoms. The van der Waals surface area contributed by atoms with E-state index >= 15 is 0 Å². The minimum Gasteiger partial charge on any atom is -0.478 e. The molecular weight excluding hydrogens is 192 g/mol. The second-order valence-corrected chi connectivity index (χ2v) is 4.13.